The topological polar surface area (TPSA) is 187 Å². The van der Waals surface area contributed by atoms with Crippen LogP contribution in [-0.2, 0) is 20.2 Å². The summed E-state index contributed by atoms with van der Waals surface area (Å²) < 4.78 is 67.8. The average molecular weight is 590 g/mol. The Morgan fingerprint density at radius 2 is 1.55 bits per heavy atom. The SMILES string of the molecule is O=S(=O)(O)c1cc(O)c2c(O)c(N=Nc3ccc(Sc4nc5ccccc5s4)cc3)c(S(=O)(=O)O)cc2c1. The Kier molecular flexibility index (Phi) is 6.58. The highest BCUT2D eigenvalue weighted by atomic mass is 32.2. The van der Waals surface area contributed by atoms with Crippen LogP contribution in [0.15, 0.2) is 96.0 Å². The zero-order valence-corrected chi connectivity index (χ0v) is 22.0. The van der Waals surface area contributed by atoms with E-state index in [0.717, 1.165) is 31.6 Å². The molecule has 0 unspecified atom stereocenters. The van der Waals surface area contributed by atoms with Crippen molar-refractivity contribution in [3.8, 4) is 11.5 Å². The summed E-state index contributed by atoms with van der Waals surface area (Å²) >= 11 is 2.99. The molecule has 0 radical (unpaired) electrons. The molecule has 5 aromatic rings. The zero-order valence-electron chi connectivity index (χ0n) is 18.7. The van der Waals surface area contributed by atoms with Gasteiger partial charge in [-0.1, -0.05) is 23.9 Å². The van der Waals surface area contributed by atoms with Gasteiger partial charge in [-0.25, -0.2) is 4.98 Å². The molecule has 1 aromatic heterocycles. The van der Waals surface area contributed by atoms with Crippen LogP contribution in [0.2, 0.25) is 0 Å². The smallest absolute Gasteiger partial charge is 0.296 e. The number of phenolic OH excluding ortho intramolecular Hbond substituents is 2. The van der Waals surface area contributed by atoms with Gasteiger partial charge in [-0.05, 0) is 53.9 Å². The highest BCUT2D eigenvalue weighted by Crippen LogP contribution is 2.45. The number of nitrogens with zero attached hydrogens (tertiary/aromatic N) is 3. The van der Waals surface area contributed by atoms with E-state index < -0.39 is 47.2 Å². The van der Waals surface area contributed by atoms with E-state index in [-0.39, 0.29) is 16.5 Å². The fourth-order valence-electron chi connectivity index (χ4n) is 3.56. The fraction of sp³-hybridized carbons (Fsp3) is 0. The van der Waals surface area contributed by atoms with Crippen molar-refractivity contribution in [3.63, 3.8) is 0 Å². The summed E-state index contributed by atoms with van der Waals surface area (Å²) in [5.41, 5.74) is 0.503. The Morgan fingerprint density at radius 3 is 2.21 bits per heavy atom. The fourth-order valence-corrected chi connectivity index (χ4v) is 6.80. The van der Waals surface area contributed by atoms with Crippen LogP contribution in [0.3, 0.4) is 0 Å². The van der Waals surface area contributed by atoms with E-state index in [1.165, 1.54) is 11.8 Å². The van der Waals surface area contributed by atoms with Crippen LogP contribution >= 0.6 is 23.1 Å². The van der Waals surface area contributed by atoms with Crippen molar-refractivity contribution in [2.24, 2.45) is 10.2 Å². The molecule has 0 aliphatic rings. The molecule has 0 spiro atoms. The predicted molar refractivity (Wildman–Crippen MR) is 141 cm³/mol. The monoisotopic (exact) mass is 589 g/mol. The molecule has 11 nitrogen and oxygen atoms in total. The van der Waals surface area contributed by atoms with E-state index in [0.29, 0.717) is 6.07 Å². The number of hydrogen-bond acceptors (Lipinski definition) is 11. The second kappa shape index (κ2) is 9.61. The van der Waals surface area contributed by atoms with E-state index >= 15 is 0 Å². The van der Waals surface area contributed by atoms with Crippen LogP contribution in [0.1, 0.15) is 0 Å². The van der Waals surface area contributed by atoms with Crippen LogP contribution in [-0.4, -0.2) is 41.1 Å². The minimum absolute atomic E-state index is 0.283. The molecule has 0 saturated heterocycles. The zero-order chi connectivity index (χ0) is 27.2. The third-order valence-electron chi connectivity index (χ3n) is 5.26. The number of hydrogen-bond donors (Lipinski definition) is 4. The lowest BCUT2D eigenvalue weighted by atomic mass is 10.1. The van der Waals surface area contributed by atoms with Crippen molar-refractivity contribution in [1.29, 1.82) is 0 Å². The van der Waals surface area contributed by atoms with Crippen molar-refractivity contribution >= 4 is 75.7 Å². The molecule has 0 amide bonds. The van der Waals surface area contributed by atoms with Crippen molar-refractivity contribution < 1.29 is 36.2 Å². The number of benzene rings is 4. The van der Waals surface area contributed by atoms with Crippen molar-refractivity contribution in [2.75, 3.05) is 0 Å². The Balaban J connectivity index is 1.50. The molecule has 0 saturated carbocycles. The summed E-state index contributed by atoms with van der Waals surface area (Å²) in [5.74, 6) is -1.65. The van der Waals surface area contributed by atoms with Crippen molar-refractivity contribution in [1.82, 2.24) is 4.98 Å². The summed E-state index contributed by atoms with van der Waals surface area (Å²) in [6.45, 7) is 0. The molecule has 38 heavy (non-hydrogen) atoms. The predicted octanol–water partition coefficient (Wildman–Crippen LogP) is 5.92. The summed E-state index contributed by atoms with van der Waals surface area (Å²) in [7, 11) is -9.75. The van der Waals surface area contributed by atoms with Crippen molar-refractivity contribution in [2.45, 2.75) is 19.0 Å². The number of phenols is 2. The molecule has 4 aromatic carbocycles. The third kappa shape index (κ3) is 5.20. The molecular formula is C23H15N3O8S4. The van der Waals surface area contributed by atoms with Gasteiger partial charge in [0.2, 0.25) is 0 Å². The Hall–Kier alpha value is -3.60. The second-order valence-corrected chi connectivity index (χ2v) is 13.0. The molecular weight excluding hydrogens is 575 g/mol. The maximum Gasteiger partial charge on any atom is 0.296 e. The number of rotatable bonds is 6. The van der Waals surface area contributed by atoms with Crippen LogP contribution in [0.4, 0.5) is 11.4 Å². The standard InChI is InChI=1S/C23H15N3O8S4/c27-17-11-15(37(29,30)31)9-12-10-19(38(32,33)34)21(22(28)20(12)17)26-25-13-5-7-14(8-6-13)35-23-24-16-3-1-2-4-18(16)36-23/h1-11,27-28H,(H,29,30,31)(H,32,33,34). The molecule has 1 heterocycles. The van der Waals surface area contributed by atoms with Gasteiger partial charge in [0.1, 0.15) is 16.3 Å². The highest BCUT2D eigenvalue weighted by molar-refractivity contribution is 8.01. The van der Waals surface area contributed by atoms with E-state index in [2.05, 4.69) is 15.2 Å². The lowest BCUT2D eigenvalue weighted by molar-refractivity contribution is 0.457. The number of thiazole rings is 1. The number of azo groups is 1. The molecule has 5 rings (SSSR count). The van der Waals surface area contributed by atoms with Crippen LogP contribution in [0, 0.1) is 0 Å². The van der Waals surface area contributed by atoms with Crippen LogP contribution in [0.5, 0.6) is 11.5 Å². The van der Waals surface area contributed by atoms with Gasteiger partial charge in [-0.3, -0.25) is 9.11 Å². The van der Waals surface area contributed by atoms with E-state index in [1.807, 2.05) is 24.3 Å². The largest absolute Gasteiger partial charge is 0.507 e. The average Bonchev–Trinajstić information content (AvgIpc) is 3.25. The molecule has 4 N–H and O–H groups in total. The van der Waals surface area contributed by atoms with Gasteiger partial charge < -0.3 is 10.2 Å². The summed E-state index contributed by atoms with van der Waals surface area (Å²) in [6.07, 6.45) is 0. The molecule has 15 heteroatoms. The molecule has 0 aliphatic carbocycles. The Bertz CT molecular complexity index is 1940. The number of aromatic hydroxyl groups is 2. The molecule has 0 aliphatic heterocycles. The van der Waals surface area contributed by atoms with Gasteiger partial charge in [0.15, 0.2) is 10.1 Å². The van der Waals surface area contributed by atoms with E-state index in [4.69, 9.17) is 0 Å². The first-order valence-electron chi connectivity index (χ1n) is 10.4. The van der Waals surface area contributed by atoms with Gasteiger partial charge >= 0.3 is 0 Å². The van der Waals surface area contributed by atoms with Gasteiger partial charge in [-0.15, -0.1) is 16.5 Å². The lowest BCUT2D eigenvalue weighted by Gasteiger charge is -2.11. The molecule has 0 fully saturated rings. The van der Waals surface area contributed by atoms with E-state index in [9.17, 15) is 36.2 Å². The first-order valence-corrected chi connectivity index (χ1v) is 14.9. The van der Waals surface area contributed by atoms with Crippen LogP contribution in [0.25, 0.3) is 21.0 Å². The third-order valence-corrected chi connectivity index (χ3v) is 9.06. The van der Waals surface area contributed by atoms with Gasteiger partial charge in [-0.2, -0.15) is 21.9 Å². The minimum atomic E-state index is -4.98. The quantitative estimate of drug-likeness (QED) is 0.137. The van der Waals surface area contributed by atoms with E-state index in [1.54, 1.807) is 35.6 Å². The van der Waals surface area contributed by atoms with Crippen molar-refractivity contribution in [3.05, 3.63) is 66.7 Å². The summed E-state index contributed by atoms with van der Waals surface area (Å²) in [6, 6.07) is 16.7. The first-order chi connectivity index (χ1) is 17.9. The van der Waals surface area contributed by atoms with Gasteiger partial charge in [0, 0.05) is 11.0 Å². The first kappa shape index (κ1) is 26.0. The van der Waals surface area contributed by atoms with Crippen LogP contribution < -0.4 is 0 Å². The summed E-state index contributed by atoms with van der Waals surface area (Å²) in [4.78, 5) is 3.78. The molecule has 0 atom stereocenters. The highest BCUT2D eigenvalue weighted by Gasteiger charge is 2.25. The molecule has 194 valence electrons. The second-order valence-electron chi connectivity index (χ2n) is 7.81. The normalized spacial score (nSPS) is 12.6. The summed E-state index contributed by atoms with van der Waals surface area (Å²) in [5, 5.41) is 28.0. The maximum atomic E-state index is 12.0. The number of para-hydroxylation sites is 1. The Labute approximate surface area is 223 Å². The Morgan fingerprint density at radius 1 is 0.842 bits per heavy atom. The molecule has 0 bridgehead atoms. The lowest BCUT2D eigenvalue weighted by Crippen LogP contribution is -2.01. The van der Waals surface area contributed by atoms with Gasteiger partial charge in [0.05, 0.1) is 26.2 Å². The number of fused-ring (bicyclic) bond motifs is 2. The minimum Gasteiger partial charge on any atom is -0.507 e. The number of aromatic nitrogens is 1. The maximum absolute atomic E-state index is 12.0. The van der Waals surface area contributed by atoms with Gasteiger partial charge in [0.25, 0.3) is 20.2 Å².